The number of carbonyl (C=O) groups excluding carboxylic acids is 1. The van der Waals surface area contributed by atoms with E-state index < -0.39 is 23.7 Å². The predicted molar refractivity (Wildman–Crippen MR) is 519 cm³/mol. The van der Waals surface area contributed by atoms with Gasteiger partial charge in [0.2, 0.25) is 0 Å². The summed E-state index contributed by atoms with van der Waals surface area (Å²) in [6.07, 6.45) is 81.1. The molecule has 0 saturated heterocycles. The summed E-state index contributed by atoms with van der Waals surface area (Å²) < 4.78 is 67.4. The molecule has 0 atom stereocenters. The largest absolute Gasteiger partial charge is 0.462 e. The van der Waals surface area contributed by atoms with E-state index in [9.17, 15) is 22.4 Å². The van der Waals surface area contributed by atoms with Crippen LogP contribution in [0.3, 0.4) is 0 Å². The van der Waals surface area contributed by atoms with Gasteiger partial charge in [-0.15, -0.1) is 0 Å². The Kier molecular flexibility index (Phi) is 48.7. The zero-order valence-electron chi connectivity index (χ0n) is 80.8. The molecule has 14 saturated carbocycles. The first-order valence-electron chi connectivity index (χ1n) is 53.5. The lowest BCUT2D eigenvalue weighted by atomic mass is 9.70. The fourth-order valence-corrected chi connectivity index (χ4v) is 24.2. The van der Waals surface area contributed by atoms with Gasteiger partial charge in [-0.3, -0.25) is 4.79 Å². The van der Waals surface area contributed by atoms with Gasteiger partial charge in [0.05, 0.1) is 17.9 Å². The van der Waals surface area contributed by atoms with E-state index in [4.69, 9.17) is 9.47 Å². The summed E-state index contributed by atoms with van der Waals surface area (Å²) in [5, 5.41) is 8.56. The van der Waals surface area contributed by atoms with Crippen LogP contribution in [0.15, 0.2) is 21.9 Å². The molecule has 0 aliphatic heterocycles. The Balaban J connectivity index is 0.00000144. The van der Waals surface area contributed by atoms with Crippen LogP contribution in [0.5, 0.6) is 0 Å². The van der Waals surface area contributed by atoms with Crippen LogP contribution in [0.25, 0.3) is 0 Å². The van der Waals surface area contributed by atoms with E-state index in [1.807, 2.05) is 0 Å². The molecule has 14 aliphatic carbocycles. The second kappa shape index (κ2) is 56.5. The lowest BCUT2D eigenvalue weighted by molar-refractivity contribution is -0.301. The van der Waals surface area contributed by atoms with Crippen LogP contribution in [0.2, 0.25) is 0 Å². The van der Waals surface area contributed by atoms with Gasteiger partial charge in [0.25, 0.3) is 0 Å². The summed E-state index contributed by atoms with van der Waals surface area (Å²) in [5.74, 6) is 18.9. The molecular weight excluding hydrogens is 1470 g/mol. The smallest absolute Gasteiger partial charge is 0.358 e. The second-order valence-electron chi connectivity index (χ2n) is 46.4. The normalized spacial score (nSPS) is 39.6. The molecule has 0 bridgehead atoms. The van der Waals surface area contributed by atoms with Crippen LogP contribution >= 0.6 is 0 Å². The number of allylic oxidation sites excluding steroid dienone is 2. The van der Waals surface area contributed by atoms with Crippen molar-refractivity contribution in [2.75, 3.05) is 0 Å². The van der Waals surface area contributed by atoms with Gasteiger partial charge in [0.1, 0.15) is 17.8 Å². The van der Waals surface area contributed by atoms with Crippen molar-refractivity contribution in [3.63, 3.8) is 0 Å². The summed E-state index contributed by atoms with van der Waals surface area (Å²) in [6, 6.07) is 0. The highest BCUT2D eigenvalue weighted by atomic mass is 19.3. The SMILES string of the molecule is CC1CCC(/C(F)=C(\F)C2CCC(C)CC2)CC1.CC1CCC(/C=N/N=C/C2CCC(C)CC2)CC1.CC1CCC(C2CCC(C)CC2)CC1.CC1CCC(CCC2CCC(C)CC2)CC1.CC1CCC(CCCCC2CCC(C)CC2)CC1.CC1CCC(OC(=O)C2CCC(C)CC2)CC1.CC1CCC(OC(F)(F)C2CCC(C)CC2)CC1.[HH].[HH].[HH].[HH].[HH].[HH].[HH].[HH]. The maximum Gasteiger partial charge on any atom is 0.358 e. The molecule has 0 N–H and O–H groups in total. The molecule has 5 nitrogen and oxygen atoms in total. The van der Waals surface area contributed by atoms with Crippen molar-refractivity contribution in [3.05, 3.63) is 11.7 Å². The van der Waals surface area contributed by atoms with E-state index in [1.165, 1.54) is 231 Å². The summed E-state index contributed by atoms with van der Waals surface area (Å²) in [6.45, 7) is 32.6. The first-order chi connectivity index (χ1) is 57.2. The van der Waals surface area contributed by atoms with Crippen LogP contribution in [0, 0.1) is 154 Å². The molecule has 708 valence electrons. The Morgan fingerprint density at radius 2 is 0.496 bits per heavy atom. The fourth-order valence-electron chi connectivity index (χ4n) is 24.2. The summed E-state index contributed by atoms with van der Waals surface area (Å²) in [5.41, 5.74) is 0. The number of nitrogens with zero attached hydrogens (tertiary/aromatic N) is 2. The number of hydrogen-bond donors (Lipinski definition) is 0. The number of rotatable bonds is 19. The quantitative estimate of drug-likeness (QED) is 0.0426. The molecule has 0 spiro atoms. The number of esters is 1. The van der Waals surface area contributed by atoms with Crippen LogP contribution < -0.4 is 0 Å². The van der Waals surface area contributed by atoms with Gasteiger partial charge in [-0.2, -0.15) is 19.0 Å². The zero-order valence-corrected chi connectivity index (χ0v) is 80.8. The van der Waals surface area contributed by atoms with Crippen LogP contribution in [0.4, 0.5) is 17.6 Å². The molecule has 14 fully saturated rings. The number of hydrogen-bond acceptors (Lipinski definition) is 5. The van der Waals surface area contributed by atoms with E-state index in [1.54, 1.807) is 38.5 Å². The molecule has 0 amide bonds. The standard InChI is InChI=1S/C18H34.C16H26F2.C16H28N2.C16H30.C15H26F2O.C15H26O2.C14H26.8H2/c1-15-7-11-17(12-8-15)5-3-4-6-18-13-9-16(2)10-14-18;1-11-3-7-13(8-4-11)15(17)16(18)14-9-5-12(2)6-10-14;1-13-3-7-15(8-4-13)11-17-18-12-16-9-5-14(2)6-10-16;1-13-3-7-15(8-4-13)11-12-16-9-5-14(2)6-10-16;1-11-3-7-13(8-4-11)15(16,17)18-14-9-5-12(2)6-10-14;1-11-3-7-13(8-4-11)15(16)17-14-9-5-12(2)6-10-14;1-11-3-7-13(8-4-11)14-9-5-12(2)6-10-14;;;;;;;;/h15-18H,3-14H2,1-2H3;11-14H,3-10H2,1-2H3;11-16H,3-10H2,1-2H3;13-16H,3-12H2,1-2H3;11-14H,3-10H2,1-2H3;11-14H,3-10H2,1-2H3;11-14H,3-10H2,1-2H3;8*1H/b;16-15+;17-11+,18-12+;;;;;;;;;;;;. The minimum Gasteiger partial charge on any atom is -0.462 e. The Bertz CT molecular complexity index is 2560. The third kappa shape index (κ3) is 41.0. The number of ether oxygens (including phenoxy) is 2. The number of unbranched alkanes of at least 4 members (excludes halogenated alkanes) is 1. The van der Waals surface area contributed by atoms with Gasteiger partial charge in [0, 0.05) is 35.7 Å². The van der Waals surface area contributed by atoms with Crippen molar-refractivity contribution in [2.24, 2.45) is 164 Å². The maximum absolute atomic E-state index is 14.2. The summed E-state index contributed by atoms with van der Waals surface area (Å²) in [4.78, 5) is 12.0. The molecule has 0 aromatic heterocycles. The highest BCUT2D eigenvalue weighted by Gasteiger charge is 2.45. The Morgan fingerprint density at radius 3 is 0.782 bits per heavy atom. The first kappa shape index (κ1) is 103. The molecule has 0 aromatic carbocycles. The van der Waals surface area contributed by atoms with Crippen molar-refractivity contribution < 1.29 is 43.2 Å². The van der Waals surface area contributed by atoms with Gasteiger partial charge in [0.15, 0.2) is 0 Å². The molecule has 14 aliphatic rings. The van der Waals surface area contributed by atoms with Crippen LogP contribution in [0.1, 0.15) is 506 Å². The molecule has 0 unspecified atom stereocenters. The van der Waals surface area contributed by atoms with Gasteiger partial charge < -0.3 is 9.47 Å². The van der Waals surface area contributed by atoms with Gasteiger partial charge in [-0.1, -0.05) is 328 Å². The van der Waals surface area contributed by atoms with Crippen molar-refractivity contribution in [3.8, 4) is 0 Å². The van der Waals surface area contributed by atoms with Crippen molar-refractivity contribution >= 4 is 18.4 Å². The minimum atomic E-state index is -2.90. The van der Waals surface area contributed by atoms with E-state index >= 15 is 0 Å². The number of alkyl halides is 2. The summed E-state index contributed by atoms with van der Waals surface area (Å²) in [7, 11) is 0. The topological polar surface area (TPSA) is 60.2 Å². The highest BCUT2D eigenvalue weighted by molar-refractivity contribution is 5.72. The zero-order chi connectivity index (χ0) is 85.5. The second-order valence-corrected chi connectivity index (χ2v) is 46.4. The molecular formula is C110H212F4N2O3. The molecule has 9 heteroatoms. The van der Waals surface area contributed by atoms with E-state index in [0.717, 1.165) is 210 Å². The van der Waals surface area contributed by atoms with E-state index in [2.05, 4.69) is 120 Å². The number of halogens is 4. The Hall–Kier alpha value is -1.77. The predicted octanol–water partition coefficient (Wildman–Crippen LogP) is 37.6. The van der Waals surface area contributed by atoms with Gasteiger partial charge in [-0.05, 0) is 297 Å². The van der Waals surface area contributed by atoms with Gasteiger partial charge >= 0.3 is 12.1 Å². The summed E-state index contributed by atoms with van der Waals surface area (Å²) >= 11 is 0. The van der Waals surface area contributed by atoms with Crippen LogP contribution in [-0.2, 0) is 14.3 Å². The van der Waals surface area contributed by atoms with Crippen molar-refractivity contribution in [1.82, 2.24) is 0 Å². The maximum atomic E-state index is 14.2. The molecule has 0 radical (unpaired) electrons. The van der Waals surface area contributed by atoms with Crippen molar-refractivity contribution in [2.45, 2.75) is 513 Å². The van der Waals surface area contributed by atoms with Gasteiger partial charge in [-0.25, -0.2) is 8.78 Å². The van der Waals surface area contributed by atoms with E-state index in [0.29, 0.717) is 48.3 Å². The molecule has 119 heavy (non-hydrogen) atoms. The lowest BCUT2D eigenvalue weighted by Crippen LogP contribution is -2.38. The minimum absolute atomic E-state index is 0. The van der Waals surface area contributed by atoms with Crippen molar-refractivity contribution in [1.29, 1.82) is 0 Å². The highest BCUT2D eigenvalue weighted by Crippen LogP contribution is 2.47. The average Bonchev–Trinajstić information content (AvgIpc) is 0.826. The average molecular weight is 1690 g/mol. The number of carbonyl (C=O) groups is 1. The fraction of sp³-hybridized carbons (Fsp3) is 0.955. The molecule has 0 aromatic rings. The Morgan fingerprint density at radius 1 is 0.277 bits per heavy atom. The molecule has 0 heterocycles. The third-order valence-corrected chi connectivity index (χ3v) is 34.9. The monoisotopic (exact) mass is 1690 g/mol. The molecule has 14 rings (SSSR count). The third-order valence-electron chi connectivity index (χ3n) is 34.9. The van der Waals surface area contributed by atoms with E-state index in [-0.39, 0.29) is 47.3 Å². The van der Waals surface area contributed by atoms with Crippen LogP contribution in [-0.4, -0.2) is 36.7 Å². The Labute approximate surface area is 746 Å². The first-order valence-corrected chi connectivity index (χ1v) is 53.5. The lowest BCUT2D eigenvalue weighted by Gasteiger charge is -2.36.